The Kier molecular flexibility index (Phi) is 11.5. The minimum absolute atomic E-state index is 0. The van der Waals surface area contributed by atoms with E-state index in [4.69, 9.17) is 10.2 Å². The Labute approximate surface area is 121 Å². The van der Waals surface area contributed by atoms with Gasteiger partial charge in [-0.05, 0) is 12.8 Å². The van der Waals surface area contributed by atoms with Crippen LogP contribution in [0.5, 0.6) is 0 Å². The van der Waals surface area contributed by atoms with Crippen molar-refractivity contribution in [1.82, 2.24) is 0 Å². The molecule has 4 nitrogen and oxygen atoms in total. The Morgan fingerprint density at radius 2 is 1.33 bits per heavy atom. The van der Waals surface area contributed by atoms with Crippen LogP contribution in [0.1, 0.15) is 65.2 Å². The number of unbranched alkanes of at least 4 members (excludes halogenated alkanes) is 4. The van der Waals surface area contributed by atoms with Crippen LogP contribution >= 0.6 is 0 Å². The first-order valence-electron chi connectivity index (χ1n) is 6.48. The summed E-state index contributed by atoms with van der Waals surface area (Å²) in [5.41, 5.74) is -1.57. The van der Waals surface area contributed by atoms with Gasteiger partial charge in [0.15, 0.2) is 5.41 Å². The maximum atomic E-state index is 11.2. The van der Waals surface area contributed by atoms with E-state index in [1.165, 1.54) is 0 Å². The summed E-state index contributed by atoms with van der Waals surface area (Å²) in [5, 5.41) is 18.3. The summed E-state index contributed by atoms with van der Waals surface area (Å²) in [6, 6.07) is 0. The van der Waals surface area contributed by atoms with Crippen LogP contribution in [0, 0.1) is 5.41 Å². The van der Waals surface area contributed by atoms with E-state index in [2.05, 4.69) is 6.92 Å². The Morgan fingerprint density at radius 3 is 1.72 bits per heavy atom. The number of carboxylic acid groups (broad SMARTS) is 2. The third kappa shape index (κ3) is 5.93. The summed E-state index contributed by atoms with van der Waals surface area (Å²) in [6.07, 6.45) is 5.93. The third-order valence-corrected chi connectivity index (χ3v) is 3.20. The molecule has 18 heavy (non-hydrogen) atoms. The van der Waals surface area contributed by atoms with Crippen molar-refractivity contribution >= 4 is 30.8 Å². The monoisotopic (exact) mass is 252 g/mol. The van der Waals surface area contributed by atoms with Gasteiger partial charge in [0.05, 0.1) is 0 Å². The van der Waals surface area contributed by atoms with Crippen molar-refractivity contribution in [3.05, 3.63) is 0 Å². The van der Waals surface area contributed by atoms with Gasteiger partial charge in [-0.3, -0.25) is 9.59 Å². The maximum absolute atomic E-state index is 11.2. The molecule has 5 heteroatoms. The first-order valence-corrected chi connectivity index (χ1v) is 6.48. The van der Waals surface area contributed by atoms with Crippen LogP contribution in [0.15, 0.2) is 0 Å². The van der Waals surface area contributed by atoms with Crippen molar-refractivity contribution in [3.8, 4) is 0 Å². The molecule has 0 aliphatic rings. The number of carboxylic acids is 2. The predicted molar refractivity (Wildman–Crippen MR) is 73.1 cm³/mol. The molecular formula is C13H25LiO4. The summed E-state index contributed by atoms with van der Waals surface area (Å²) in [5.74, 6) is -2.38. The molecule has 0 fully saturated rings. The quantitative estimate of drug-likeness (QED) is 0.356. The van der Waals surface area contributed by atoms with Crippen LogP contribution in [0.3, 0.4) is 0 Å². The van der Waals surface area contributed by atoms with Gasteiger partial charge in [0, 0.05) is 0 Å². The zero-order chi connectivity index (χ0) is 13.3. The van der Waals surface area contributed by atoms with E-state index >= 15 is 0 Å². The molecular weight excluding hydrogens is 227 g/mol. The summed E-state index contributed by atoms with van der Waals surface area (Å²) >= 11 is 0. The van der Waals surface area contributed by atoms with Crippen LogP contribution < -0.4 is 0 Å². The molecule has 0 radical (unpaired) electrons. The van der Waals surface area contributed by atoms with E-state index in [0.29, 0.717) is 12.8 Å². The van der Waals surface area contributed by atoms with Crippen molar-refractivity contribution < 1.29 is 19.8 Å². The fourth-order valence-electron chi connectivity index (χ4n) is 2.10. The summed E-state index contributed by atoms with van der Waals surface area (Å²) < 4.78 is 0. The predicted octanol–water partition coefficient (Wildman–Crippen LogP) is 2.65. The molecule has 2 N–H and O–H groups in total. The SMILES string of the molecule is CCCCCCCC(CCC)(C(=O)O)C(=O)O.[LiH]. The molecule has 0 saturated carbocycles. The van der Waals surface area contributed by atoms with Crippen molar-refractivity contribution in [2.75, 3.05) is 0 Å². The van der Waals surface area contributed by atoms with Gasteiger partial charge >= 0.3 is 30.8 Å². The summed E-state index contributed by atoms with van der Waals surface area (Å²) in [7, 11) is 0. The fraction of sp³-hybridized carbons (Fsp3) is 0.846. The third-order valence-electron chi connectivity index (χ3n) is 3.20. The fourth-order valence-corrected chi connectivity index (χ4v) is 2.10. The Balaban J connectivity index is 0. The Bertz CT molecular complexity index is 239. The van der Waals surface area contributed by atoms with E-state index in [-0.39, 0.29) is 31.7 Å². The summed E-state index contributed by atoms with van der Waals surface area (Å²) in [4.78, 5) is 22.4. The second kappa shape index (κ2) is 10.5. The van der Waals surface area contributed by atoms with E-state index in [0.717, 1.165) is 25.7 Å². The molecule has 0 aliphatic carbocycles. The standard InChI is InChI=1S/C13H24O4.Li.H/c1-3-5-6-7-8-10-13(9-4-2,11(14)15)12(16)17;;/h3-10H2,1-2H3,(H,14,15)(H,16,17);;. The molecule has 0 atom stereocenters. The van der Waals surface area contributed by atoms with E-state index in [1.54, 1.807) is 0 Å². The molecule has 102 valence electrons. The van der Waals surface area contributed by atoms with E-state index in [1.807, 2.05) is 6.92 Å². The second-order valence-electron chi connectivity index (χ2n) is 4.61. The zero-order valence-corrected chi connectivity index (χ0v) is 10.9. The molecule has 0 aliphatic heterocycles. The molecule has 0 aromatic carbocycles. The molecule has 0 amide bonds. The number of aliphatic carboxylic acids is 2. The van der Waals surface area contributed by atoms with Gasteiger partial charge in [0.2, 0.25) is 0 Å². The van der Waals surface area contributed by atoms with Crippen LogP contribution in [-0.2, 0) is 9.59 Å². The number of hydrogen-bond donors (Lipinski definition) is 2. The average molecular weight is 252 g/mol. The van der Waals surface area contributed by atoms with E-state index in [9.17, 15) is 9.59 Å². The zero-order valence-electron chi connectivity index (χ0n) is 10.9. The molecule has 0 unspecified atom stereocenters. The van der Waals surface area contributed by atoms with Gasteiger partial charge in [0.1, 0.15) is 0 Å². The van der Waals surface area contributed by atoms with Crippen molar-refractivity contribution in [1.29, 1.82) is 0 Å². The van der Waals surface area contributed by atoms with Gasteiger partial charge in [-0.2, -0.15) is 0 Å². The molecule has 0 saturated heterocycles. The molecule has 0 aromatic heterocycles. The van der Waals surface area contributed by atoms with Crippen LogP contribution in [0.25, 0.3) is 0 Å². The van der Waals surface area contributed by atoms with Crippen molar-refractivity contribution in [2.24, 2.45) is 5.41 Å². The van der Waals surface area contributed by atoms with Crippen LogP contribution in [-0.4, -0.2) is 41.0 Å². The number of rotatable bonds is 10. The molecule has 0 spiro atoms. The second-order valence-corrected chi connectivity index (χ2v) is 4.61. The topological polar surface area (TPSA) is 74.6 Å². The first kappa shape index (κ1) is 19.9. The van der Waals surface area contributed by atoms with Gasteiger partial charge in [-0.15, -0.1) is 0 Å². The van der Waals surface area contributed by atoms with Gasteiger partial charge < -0.3 is 10.2 Å². The first-order chi connectivity index (χ1) is 8.01. The molecule has 0 bridgehead atoms. The Hall–Kier alpha value is -0.463. The minimum atomic E-state index is -1.57. The van der Waals surface area contributed by atoms with Gasteiger partial charge in [-0.25, -0.2) is 0 Å². The van der Waals surface area contributed by atoms with Gasteiger partial charge in [0.25, 0.3) is 0 Å². The van der Waals surface area contributed by atoms with Gasteiger partial charge in [-0.1, -0.05) is 52.4 Å². The molecule has 0 aromatic rings. The van der Waals surface area contributed by atoms with Crippen LogP contribution in [0.4, 0.5) is 0 Å². The number of hydrogen-bond acceptors (Lipinski definition) is 2. The summed E-state index contributed by atoms with van der Waals surface area (Å²) in [6.45, 7) is 3.92. The molecule has 0 rings (SSSR count). The number of carbonyl (C=O) groups is 2. The molecule has 0 heterocycles. The van der Waals surface area contributed by atoms with Crippen molar-refractivity contribution in [2.45, 2.75) is 65.2 Å². The Morgan fingerprint density at radius 1 is 0.833 bits per heavy atom. The van der Waals surface area contributed by atoms with E-state index < -0.39 is 17.4 Å². The normalized spacial score (nSPS) is 10.8. The average Bonchev–Trinajstić information content (AvgIpc) is 2.26. The van der Waals surface area contributed by atoms with Crippen molar-refractivity contribution in [3.63, 3.8) is 0 Å². The van der Waals surface area contributed by atoms with Crippen LogP contribution in [0.2, 0.25) is 0 Å².